The second-order valence-corrected chi connectivity index (χ2v) is 31.6. The molecule has 0 aliphatic carbocycles. The molecule has 0 aliphatic rings. The van der Waals surface area contributed by atoms with Crippen LogP contribution in [-0.2, 0) is 65.4 Å². The van der Waals surface area contributed by atoms with Crippen molar-refractivity contribution in [1.82, 2.24) is 0 Å². The fourth-order valence-electron chi connectivity index (χ4n) is 11.7. The maximum Gasteiger partial charge on any atom is 0.472 e. The van der Waals surface area contributed by atoms with Gasteiger partial charge in [0.15, 0.2) is 12.2 Å². The normalized spacial score (nSPS) is 14.6. The van der Waals surface area contributed by atoms with Gasteiger partial charge in [0, 0.05) is 25.7 Å². The highest BCUT2D eigenvalue weighted by molar-refractivity contribution is 7.47. The van der Waals surface area contributed by atoms with Crippen LogP contribution in [-0.4, -0.2) is 96.7 Å². The van der Waals surface area contributed by atoms with Crippen LogP contribution < -0.4 is 0 Å². The van der Waals surface area contributed by atoms with E-state index < -0.39 is 97.5 Å². The van der Waals surface area contributed by atoms with Crippen molar-refractivity contribution in [3.05, 3.63) is 0 Å². The number of hydrogen-bond acceptors (Lipinski definition) is 15. The summed E-state index contributed by atoms with van der Waals surface area (Å²) in [6.07, 6.45) is 54.0. The standard InChI is InChI=1S/C77H150O17P2/c1-8-11-12-13-14-15-16-17-18-19-20-21-22-23-30-39-46-53-60-76(81)93-72(64-87-74(79)58-51-44-37-29-25-24-28-35-42-49-56-69(6)9-2)66-91-95(83,84)89-62-71(78)63-90-96(85,86)92-67-73(94-77(82)61-54-47-40-31-26-27-34-41-48-55-68(4)5)65-88-75(80)59-52-45-38-33-32-36-43-50-57-70(7)10-3/h68-73,78H,8-67H2,1-7H3,(H,83,84)(H,85,86)/t69?,70?,71-,72-,73-/m1/s1. The van der Waals surface area contributed by atoms with Crippen molar-refractivity contribution >= 4 is 39.5 Å². The first-order valence-corrected chi connectivity index (χ1v) is 42.9. The highest BCUT2D eigenvalue weighted by atomic mass is 31.2. The molecule has 0 saturated carbocycles. The van der Waals surface area contributed by atoms with Gasteiger partial charge in [-0.25, -0.2) is 9.13 Å². The van der Waals surface area contributed by atoms with Crippen molar-refractivity contribution in [3.63, 3.8) is 0 Å². The van der Waals surface area contributed by atoms with Crippen LogP contribution in [0.2, 0.25) is 0 Å². The first-order chi connectivity index (χ1) is 46.3. The molecule has 0 amide bonds. The van der Waals surface area contributed by atoms with Crippen molar-refractivity contribution in [2.24, 2.45) is 17.8 Å². The van der Waals surface area contributed by atoms with Gasteiger partial charge in [-0.15, -0.1) is 0 Å². The Morgan fingerprint density at radius 3 is 0.792 bits per heavy atom. The van der Waals surface area contributed by atoms with Gasteiger partial charge in [0.05, 0.1) is 26.4 Å². The van der Waals surface area contributed by atoms with E-state index in [-0.39, 0.29) is 25.7 Å². The maximum atomic E-state index is 13.1. The molecule has 4 unspecified atom stereocenters. The van der Waals surface area contributed by atoms with Crippen molar-refractivity contribution in [3.8, 4) is 0 Å². The van der Waals surface area contributed by atoms with E-state index in [0.717, 1.165) is 108 Å². The lowest BCUT2D eigenvalue weighted by molar-refractivity contribution is -0.161. The minimum absolute atomic E-state index is 0.105. The summed E-state index contributed by atoms with van der Waals surface area (Å²) in [6.45, 7) is 11.9. The number of ether oxygens (including phenoxy) is 4. The fraction of sp³-hybridized carbons (Fsp3) is 0.948. The van der Waals surface area contributed by atoms with Gasteiger partial charge in [-0.3, -0.25) is 37.3 Å². The summed E-state index contributed by atoms with van der Waals surface area (Å²) in [6, 6.07) is 0. The van der Waals surface area contributed by atoms with E-state index in [9.17, 15) is 43.2 Å². The molecule has 96 heavy (non-hydrogen) atoms. The number of unbranched alkanes of at least 4 members (excludes halogenated alkanes) is 41. The van der Waals surface area contributed by atoms with Crippen LogP contribution in [0.5, 0.6) is 0 Å². The molecular weight excluding hydrogens is 1260 g/mol. The molecule has 0 heterocycles. The number of rotatable bonds is 75. The van der Waals surface area contributed by atoms with Crippen molar-refractivity contribution in [1.29, 1.82) is 0 Å². The molecule has 0 aliphatic heterocycles. The molecule has 0 spiro atoms. The van der Waals surface area contributed by atoms with Gasteiger partial charge >= 0.3 is 39.5 Å². The van der Waals surface area contributed by atoms with E-state index in [2.05, 4.69) is 48.5 Å². The van der Waals surface area contributed by atoms with Crippen LogP contribution in [0.15, 0.2) is 0 Å². The third-order valence-electron chi connectivity index (χ3n) is 18.6. The number of carbonyl (C=O) groups excluding carboxylic acids is 4. The molecule has 0 aromatic heterocycles. The molecule has 0 saturated heterocycles. The summed E-state index contributed by atoms with van der Waals surface area (Å²) in [5, 5.41) is 10.6. The Bertz CT molecular complexity index is 1870. The lowest BCUT2D eigenvalue weighted by Gasteiger charge is -2.21. The topological polar surface area (TPSA) is 237 Å². The number of aliphatic hydroxyl groups is 1. The van der Waals surface area contributed by atoms with Crippen LogP contribution >= 0.6 is 15.6 Å². The van der Waals surface area contributed by atoms with E-state index >= 15 is 0 Å². The summed E-state index contributed by atoms with van der Waals surface area (Å²) < 4.78 is 68.6. The summed E-state index contributed by atoms with van der Waals surface area (Å²) in [4.78, 5) is 72.9. The van der Waals surface area contributed by atoms with Gasteiger partial charge in [-0.1, -0.05) is 344 Å². The van der Waals surface area contributed by atoms with Crippen molar-refractivity contribution < 1.29 is 80.2 Å². The zero-order valence-corrected chi connectivity index (χ0v) is 64.6. The second kappa shape index (κ2) is 67.5. The number of phosphoric ester groups is 2. The lowest BCUT2D eigenvalue weighted by atomic mass is 9.99. The first kappa shape index (κ1) is 94.1. The SMILES string of the molecule is CCCCCCCCCCCCCCCCCCCCC(=O)O[C@H](COC(=O)CCCCCCCCCCCCC(C)CC)COP(=O)(O)OC[C@@H](O)COP(=O)(O)OC[C@@H](COC(=O)CCCCCCCCCCC(C)CC)OC(=O)CCCCCCCCCCCC(C)C. The molecule has 17 nitrogen and oxygen atoms in total. The van der Waals surface area contributed by atoms with Crippen LogP contribution in [0, 0.1) is 17.8 Å². The largest absolute Gasteiger partial charge is 0.472 e. The summed E-state index contributed by atoms with van der Waals surface area (Å²) in [7, 11) is -9.92. The van der Waals surface area contributed by atoms with Gasteiger partial charge in [0.1, 0.15) is 19.3 Å². The predicted octanol–water partition coefficient (Wildman–Crippen LogP) is 22.6. The Morgan fingerprint density at radius 1 is 0.302 bits per heavy atom. The van der Waals surface area contributed by atoms with E-state index in [1.54, 1.807) is 0 Å². The van der Waals surface area contributed by atoms with Gasteiger partial charge in [-0.2, -0.15) is 0 Å². The molecule has 570 valence electrons. The number of phosphoric acid groups is 2. The summed E-state index contributed by atoms with van der Waals surface area (Å²) in [5.74, 6) is 0.207. The minimum atomic E-state index is -4.96. The number of hydrogen-bond donors (Lipinski definition) is 3. The molecule has 0 fully saturated rings. The van der Waals surface area contributed by atoms with E-state index in [4.69, 9.17) is 37.0 Å². The van der Waals surface area contributed by atoms with Crippen molar-refractivity contribution in [2.45, 2.75) is 414 Å². The van der Waals surface area contributed by atoms with Gasteiger partial charge in [-0.05, 0) is 43.4 Å². The van der Waals surface area contributed by atoms with E-state index in [0.29, 0.717) is 25.7 Å². The monoisotopic (exact) mass is 1410 g/mol. The summed E-state index contributed by atoms with van der Waals surface area (Å²) >= 11 is 0. The molecule has 7 atom stereocenters. The molecule has 3 N–H and O–H groups in total. The minimum Gasteiger partial charge on any atom is -0.462 e. The quantitative estimate of drug-likeness (QED) is 0.0222. The molecule has 19 heteroatoms. The Balaban J connectivity index is 5.26. The predicted molar refractivity (Wildman–Crippen MR) is 391 cm³/mol. The molecular formula is C77H150O17P2. The zero-order valence-electron chi connectivity index (χ0n) is 62.8. The fourth-order valence-corrected chi connectivity index (χ4v) is 13.3. The highest BCUT2D eigenvalue weighted by Crippen LogP contribution is 2.45. The van der Waals surface area contributed by atoms with Crippen LogP contribution in [0.3, 0.4) is 0 Å². The van der Waals surface area contributed by atoms with Gasteiger partial charge < -0.3 is 33.8 Å². The number of aliphatic hydroxyl groups excluding tert-OH is 1. The van der Waals surface area contributed by atoms with Gasteiger partial charge in [0.2, 0.25) is 0 Å². The Hall–Kier alpha value is -1.94. The van der Waals surface area contributed by atoms with Crippen LogP contribution in [0.25, 0.3) is 0 Å². The lowest BCUT2D eigenvalue weighted by Crippen LogP contribution is -2.30. The molecule has 0 aromatic carbocycles. The first-order valence-electron chi connectivity index (χ1n) is 39.9. The average molecular weight is 1410 g/mol. The molecule has 0 radical (unpaired) electrons. The molecule has 0 rings (SSSR count). The smallest absolute Gasteiger partial charge is 0.462 e. The molecule has 0 aromatic rings. The van der Waals surface area contributed by atoms with E-state index in [1.807, 2.05) is 0 Å². The third kappa shape index (κ3) is 67.9. The highest BCUT2D eigenvalue weighted by Gasteiger charge is 2.30. The Labute approximate surface area is 588 Å². The summed E-state index contributed by atoms with van der Waals surface area (Å²) in [5.41, 5.74) is 0. The second-order valence-electron chi connectivity index (χ2n) is 28.7. The van der Waals surface area contributed by atoms with E-state index in [1.165, 1.54) is 205 Å². The van der Waals surface area contributed by atoms with Gasteiger partial charge in [0.25, 0.3) is 0 Å². The van der Waals surface area contributed by atoms with Crippen molar-refractivity contribution in [2.75, 3.05) is 39.6 Å². The maximum absolute atomic E-state index is 13.1. The third-order valence-corrected chi connectivity index (χ3v) is 20.5. The van der Waals surface area contributed by atoms with Crippen LogP contribution in [0.1, 0.15) is 395 Å². The number of esters is 4. The Morgan fingerprint density at radius 2 is 0.531 bits per heavy atom. The number of carbonyl (C=O) groups is 4. The zero-order chi connectivity index (χ0) is 70.9. The van der Waals surface area contributed by atoms with Crippen LogP contribution in [0.4, 0.5) is 0 Å². The molecule has 0 bridgehead atoms. The average Bonchev–Trinajstić information content (AvgIpc) is 1.21. The Kier molecular flexibility index (Phi) is 66.2.